The van der Waals surface area contributed by atoms with Crippen LogP contribution < -0.4 is 9.47 Å². The molecule has 1 aromatic heterocycles. The van der Waals surface area contributed by atoms with Crippen LogP contribution in [0.3, 0.4) is 0 Å². The first-order valence-electron chi connectivity index (χ1n) is 13.4. The number of ether oxygens (including phenoxy) is 2. The third kappa shape index (κ3) is 3.13. The first-order valence-corrected chi connectivity index (χ1v) is 13.4. The standard InChI is InChI=1S/C31H26F2N4O4/c1-40-27-25-23(13-21(15-35)36-27)41-31(20-9-7-18(14-34)8-10-20)24(19-5-3-2-4-6-19)22(26(38)30(25,31)39)16-37-12-11-28(37)17-29(28,32)33/h2-10,13,22,24,26,38-39H,11-12,16-17H2,1H3/t22?,24?,26?,28?,30-,31?/m0/s1. The van der Waals surface area contributed by atoms with Crippen molar-refractivity contribution in [2.45, 2.75) is 47.5 Å². The number of fused-ring (bicyclic) bond motifs is 3. The van der Waals surface area contributed by atoms with E-state index in [1.165, 1.54) is 13.2 Å². The molecule has 0 radical (unpaired) electrons. The van der Waals surface area contributed by atoms with Crippen LogP contribution in [-0.4, -0.2) is 57.9 Å². The van der Waals surface area contributed by atoms with Crippen LogP contribution in [0.2, 0.25) is 0 Å². The molecule has 3 aromatic rings. The molecule has 4 aliphatic rings. The fourth-order valence-electron chi connectivity index (χ4n) is 7.63. The molecule has 1 spiro atoms. The summed E-state index contributed by atoms with van der Waals surface area (Å²) in [5.41, 5.74) is -3.36. The van der Waals surface area contributed by atoms with E-state index in [2.05, 4.69) is 11.1 Å². The minimum Gasteiger partial charge on any atom is -0.481 e. The fourth-order valence-corrected chi connectivity index (χ4v) is 7.63. The van der Waals surface area contributed by atoms with Crippen molar-refractivity contribution >= 4 is 0 Å². The van der Waals surface area contributed by atoms with Crippen LogP contribution in [0.1, 0.15) is 46.7 Å². The van der Waals surface area contributed by atoms with Crippen molar-refractivity contribution in [3.05, 3.63) is 88.6 Å². The molecule has 3 heterocycles. The van der Waals surface area contributed by atoms with Crippen LogP contribution in [0, 0.1) is 28.6 Å². The SMILES string of the molecule is COc1nc(C#N)cc2c1[C@]1(O)C(O)C(CN3CCC34CC4(F)F)C(c3ccccc3)C1(c1ccc(C#N)cc1)O2. The number of pyridine rings is 1. The lowest BCUT2D eigenvalue weighted by Crippen LogP contribution is -2.56. The van der Waals surface area contributed by atoms with Gasteiger partial charge in [0.1, 0.15) is 17.5 Å². The number of aliphatic hydroxyl groups is 2. The molecular formula is C31H26F2N4O4. The van der Waals surface area contributed by atoms with Gasteiger partial charge in [0.25, 0.3) is 5.92 Å². The topological polar surface area (TPSA) is 123 Å². The summed E-state index contributed by atoms with van der Waals surface area (Å²) in [6, 6.07) is 21.3. The monoisotopic (exact) mass is 556 g/mol. The Morgan fingerprint density at radius 2 is 1.83 bits per heavy atom. The third-order valence-corrected chi connectivity index (χ3v) is 9.68. The van der Waals surface area contributed by atoms with Crippen LogP contribution in [0.25, 0.3) is 0 Å². The Kier molecular flexibility index (Phi) is 5.34. The van der Waals surface area contributed by atoms with E-state index in [-0.39, 0.29) is 35.9 Å². The van der Waals surface area contributed by atoms with Gasteiger partial charge in [-0.3, -0.25) is 4.90 Å². The molecule has 2 aliphatic carbocycles. The lowest BCUT2D eigenvalue weighted by Gasteiger charge is -2.45. The highest BCUT2D eigenvalue weighted by atomic mass is 19.3. The number of hydrogen-bond donors (Lipinski definition) is 2. The zero-order valence-electron chi connectivity index (χ0n) is 22.1. The fraction of sp³-hybridized carbons (Fsp3) is 0.387. The van der Waals surface area contributed by atoms with Crippen molar-refractivity contribution in [3.63, 3.8) is 0 Å². The Labute approximate surface area is 235 Å². The molecule has 2 aromatic carbocycles. The minimum atomic E-state index is -2.79. The van der Waals surface area contributed by atoms with Gasteiger partial charge in [-0.1, -0.05) is 42.5 Å². The molecule has 2 saturated carbocycles. The Hall–Kier alpha value is -4.09. The minimum absolute atomic E-state index is 0.0000569. The van der Waals surface area contributed by atoms with E-state index >= 15 is 0 Å². The highest BCUT2D eigenvalue weighted by molar-refractivity contribution is 5.60. The molecule has 0 amide bonds. The maximum atomic E-state index is 14.5. The summed E-state index contributed by atoms with van der Waals surface area (Å²) in [7, 11) is 1.35. The largest absolute Gasteiger partial charge is 0.481 e. The van der Waals surface area contributed by atoms with E-state index in [1.54, 1.807) is 29.2 Å². The summed E-state index contributed by atoms with van der Waals surface area (Å²) in [5.74, 6) is -4.21. The first kappa shape index (κ1) is 25.8. The summed E-state index contributed by atoms with van der Waals surface area (Å²) < 4.78 is 41.3. The average Bonchev–Trinajstić information content (AvgIpc) is 3.44. The predicted molar refractivity (Wildman–Crippen MR) is 140 cm³/mol. The number of halogens is 2. The Bertz CT molecular complexity index is 1640. The number of methoxy groups -OCH3 is 1. The Morgan fingerprint density at radius 1 is 1.12 bits per heavy atom. The summed E-state index contributed by atoms with van der Waals surface area (Å²) >= 11 is 0. The smallest absolute Gasteiger partial charge is 0.268 e. The van der Waals surface area contributed by atoms with E-state index in [9.17, 15) is 29.5 Å². The number of benzene rings is 2. The molecular weight excluding hydrogens is 530 g/mol. The maximum absolute atomic E-state index is 14.5. The van der Waals surface area contributed by atoms with Gasteiger partial charge in [0, 0.05) is 37.4 Å². The van der Waals surface area contributed by atoms with Crippen LogP contribution >= 0.6 is 0 Å². The second-order valence-corrected chi connectivity index (χ2v) is 11.4. The number of hydrogen-bond acceptors (Lipinski definition) is 8. The molecule has 41 heavy (non-hydrogen) atoms. The van der Waals surface area contributed by atoms with Gasteiger partial charge in [0.05, 0.1) is 35.9 Å². The number of aliphatic hydroxyl groups excluding tert-OH is 1. The lowest BCUT2D eigenvalue weighted by molar-refractivity contribution is -0.153. The Balaban J connectivity index is 1.48. The van der Waals surface area contributed by atoms with Crippen molar-refractivity contribution in [2.75, 3.05) is 20.2 Å². The second kappa shape index (κ2) is 8.46. The number of rotatable bonds is 5. The third-order valence-electron chi connectivity index (χ3n) is 9.68. The van der Waals surface area contributed by atoms with Gasteiger partial charge in [0.15, 0.2) is 11.2 Å². The van der Waals surface area contributed by atoms with Gasteiger partial charge in [-0.05, 0) is 29.7 Å². The first-order chi connectivity index (χ1) is 19.7. The van der Waals surface area contributed by atoms with Crippen molar-refractivity contribution in [3.8, 4) is 23.8 Å². The van der Waals surface area contributed by atoms with Crippen molar-refractivity contribution in [2.24, 2.45) is 5.92 Å². The van der Waals surface area contributed by atoms with Gasteiger partial charge in [-0.25, -0.2) is 13.8 Å². The zero-order valence-corrected chi connectivity index (χ0v) is 22.1. The van der Waals surface area contributed by atoms with E-state index in [4.69, 9.17) is 9.47 Å². The Morgan fingerprint density at radius 3 is 2.39 bits per heavy atom. The second-order valence-electron chi connectivity index (χ2n) is 11.4. The summed E-state index contributed by atoms with van der Waals surface area (Å²) in [5, 5.41) is 44.2. The number of nitrogens with zero attached hydrogens (tertiary/aromatic N) is 4. The number of alkyl halides is 2. The highest BCUT2D eigenvalue weighted by Crippen LogP contribution is 2.71. The van der Waals surface area contributed by atoms with E-state index in [0.717, 1.165) is 5.56 Å². The summed E-state index contributed by atoms with van der Waals surface area (Å²) in [6.45, 7) is 0.553. The quantitative estimate of drug-likeness (QED) is 0.489. The lowest BCUT2D eigenvalue weighted by atomic mass is 9.70. The molecule has 2 N–H and O–H groups in total. The molecule has 6 atom stereocenters. The molecule has 2 aliphatic heterocycles. The van der Waals surface area contributed by atoms with E-state index in [1.807, 2.05) is 36.4 Å². The van der Waals surface area contributed by atoms with Crippen LogP contribution in [0.5, 0.6) is 11.6 Å². The molecule has 10 heteroatoms. The summed E-state index contributed by atoms with van der Waals surface area (Å²) in [4.78, 5) is 5.97. The van der Waals surface area contributed by atoms with Gasteiger partial charge in [0.2, 0.25) is 5.88 Å². The average molecular weight is 557 g/mol. The van der Waals surface area contributed by atoms with Crippen LogP contribution in [0.4, 0.5) is 8.78 Å². The number of likely N-dealkylation sites (tertiary alicyclic amines) is 1. The summed E-state index contributed by atoms with van der Waals surface area (Å²) in [6.07, 6.45) is -1.35. The van der Waals surface area contributed by atoms with Crippen molar-refractivity contribution in [1.29, 1.82) is 10.5 Å². The molecule has 208 valence electrons. The zero-order chi connectivity index (χ0) is 28.8. The maximum Gasteiger partial charge on any atom is 0.268 e. The van der Waals surface area contributed by atoms with E-state index in [0.29, 0.717) is 24.1 Å². The van der Waals surface area contributed by atoms with E-state index < -0.39 is 40.6 Å². The van der Waals surface area contributed by atoms with Crippen LogP contribution in [0.15, 0.2) is 60.7 Å². The highest BCUT2D eigenvalue weighted by Gasteiger charge is 2.80. The normalized spacial score (nSPS) is 34.1. The number of nitriles is 2. The molecule has 8 nitrogen and oxygen atoms in total. The van der Waals surface area contributed by atoms with Gasteiger partial charge >= 0.3 is 0 Å². The molecule has 1 saturated heterocycles. The van der Waals surface area contributed by atoms with Crippen LogP contribution in [-0.2, 0) is 11.2 Å². The van der Waals surface area contributed by atoms with Gasteiger partial charge < -0.3 is 19.7 Å². The van der Waals surface area contributed by atoms with Gasteiger partial charge in [-0.2, -0.15) is 10.5 Å². The molecule has 3 fully saturated rings. The molecule has 0 bridgehead atoms. The molecule has 7 rings (SSSR count). The van der Waals surface area contributed by atoms with Gasteiger partial charge in [-0.15, -0.1) is 0 Å². The molecule has 5 unspecified atom stereocenters. The van der Waals surface area contributed by atoms with Crippen molar-refractivity contribution < 1.29 is 28.5 Å². The van der Waals surface area contributed by atoms with Crippen molar-refractivity contribution in [1.82, 2.24) is 9.88 Å². The number of aromatic nitrogens is 1. The predicted octanol–water partition coefficient (Wildman–Crippen LogP) is 3.57.